The molecular weight excluding hydrogens is 487 g/mol. The standard InChI is InChI=1S/C23H36N6.HI/c1-3-24-23(25-13-8-16-29-17-9-14-27-29)26-18-21-11-4-5-12-22(21)19-28-15-7-6-10-20(28)2;/h4-5,9,11-12,14,17,20H,3,6-8,10,13,15-16,18-19H2,1-2H3,(H2,24,25,26);1H. The third-order valence-electron chi connectivity index (χ3n) is 5.60. The molecule has 30 heavy (non-hydrogen) atoms. The number of nitrogens with one attached hydrogen (secondary N) is 2. The molecule has 0 radical (unpaired) electrons. The smallest absolute Gasteiger partial charge is 0.191 e. The van der Waals surface area contributed by atoms with Crippen molar-refractivity contribution in [2.75, 3.05) is 19.6 Å². The lowest BCUT2D eigenvalue weighted by molar-refractivity contribution is 0.152. The molecule has 1 atom stereocenters. The van der Waals surface area contributed by atoms with E-state index in [0.717, 1.165) is 38.6 Å². The van der Waals surface area contributed by atoms with E-state index in [-0.39, 0.29) is 24.0 Å². The van der Waals surface area contributed by atoms with E-state index in [0.29, 0.717) is 12.6 Å². The van der Waals surface area contributed by atoms with Gasteiger partial charge in [-0.1, -0.05) is 30.7 Å². The van der Waals surface area contributed by atoms with Gasteiger partial charge in [0.2, 0.25) is 0 Å². The molecule has 3 rings (SSSR count). The molecule has 0 saturated carbocycles. The van der Waals surface area contributed by atoms with Crippen molar-refractivity contribution in [2.24, 2.45) is 4.99 Å². The van der Waals surface area contributed by atoms with Gasteiger partial charge in [-0.05, 0) is 56.8 Å². The molecule has 2 heterocycles. The lowest BCUT2D eigenvalue weighted by Crippen LogP contribution is -2.38. The van der Waals surface area contributed by atoms with Crippen LogP contribution < -0.4 is 10.6 Å². The zero-order chi connectivity index (χ0) is 20.3. The van der Waals surface area contributed by atoms with Gasteiger partial charge in [0, 0.05) is 44.6 Å². The van der Waals surface area contributed by atoms with Crippen LogP contribution in [-0.2, 0) is 19.6 Å². The molecule has 1 fully saturated rings. The van der Waals surface area contributed by atoms with Crippen molar-refractivity contribution in [3.63, 3.8) is 0 Å². The summed E-state index contributed by atoms with van der Waals surface area (Å²) in [5, 5.41) is 11.1. The first-order valence-electron chi connectivity index (χ1n) is 11.1. The van der Waals surface area contributed by atoms with Gasteiger partial charge >= 0.3 is 0 Å². The Morgan fingerprint density at radius 1 is 1.17 bits per heavy atom. The Balaban J connectivity index is 0.00000320. The third-order valence-corrected chi connectivity index (χ3v) is 5.60. The number of aromatic nitrogens is 2. The van der Waals surface area contributed by atoms with Crippen LogP contribution in [0, 0.1) is 0 Å². The molecule has 166 valence electrons. The Morgan fingerprint density at radius 3 is 2.73 bits per heavy atom. The minimum Gasteiger partial charge on any atom is -0.357 e. The average molecular weight is 524 g/mol. The molecule has 1 aliphatic heterocycles. The van der Waals surface area contributed by atoms with Gasteiger partial charge < -0.3 is 10.6 Å². The number of guanidine groups is 1. The van der Waals surface area contributed by atoms with Gasteiger partial charge in [-0.2, -0.15) is 5.10 Å². The average Bonchev–Trinajstić information content (AvgIpc) is 3.25. The van der Waals surface area contributed by atoms with Crippen molar-refractivity contribution in [2.45, 2.75) is 65.2 Å². The number of hydrogen-bond acceptors (Lipinski definition) is 3. The van der Waals surface area contributed by atoms with Crippen LogP contribution in [0.1, 0.15) is 50.7 Å². The lowest BCUT2D eigenvalue weighted by atomic mass is 10.0. The van der Waals surface area contributed by atoms with Crippen LogP contribution in [0.3, 0.4) is 0 Å². The minimum atomic E-state index is 0. The summed E-state index contributed by atoms with van der Waals surface area (Å²) in [6.45, 7) is 10.0. The number of likely N-dealkylation sites (tertiary alicyclic amines) is 1. The van der Waals surface area contributed by atoms with Crippen LogP contribution in [0.5, 0.6) is 0 Å². The zero-order valence-corrected chi connectivity index (χ0v) is 20.7. The molecular formula is C23H37IN6. The van der Waals surface area contributed by atoms with Gasteiger partial charge in [-0.25, -0.2) is 4.99 Å². The fourth-order valence-corrected chi connectivity index (χ4v) is 3.86. The highest BCUT2D eigenvalue weighted by Crippen LogP contribution is 2.21. The highest BCUT2D eigenvalue weighted by Gasteiger charge is 2.19. The van der Waals surface area contributed by atoms with Crippen LogP contribution in [0.15, 0.2) is 47.7 Å². The number of aliphatic imine (C=N–C) groups is 1. The normalized spacial score (nSPS) is 17.4. The van der Waals surface area contributed by atoms with Gasteiger partial charge in [-0.15, -0.1) is 24.0 Å². The van der Waals surface area contributed by atoms with Crippen LogP contribution in [0.25, 0.3) is 0 Å². The summed E-state index contributed by atoms with van der Waals surface area (Å²) in [6.07, 6.45) is 8.82. The van der Waals surface area contributed by atoms with E-state index in [1.807, 2.05) is 23.1 Å². The Hall–Kier alpha value is -1.61. The van der Waals surface area contributed by atoms with E-state index in [1.54, 1.807) is 0 Å². The number of rotatable bonds is 9. The van der Waals surface area contributed by atoms with Crippen LogP contribution in [-0.4, -0.2) is 46.3 Å². The summed E-state index contributed by atoms with van der Waals surface area (Å²) in [5.74, 6) is 0.883. The molecule has 1 saturated heterocycles. The number of nitrogens with zero attached hydrogens (tertiary/aromatic N) is 4. The summed E-state index contributed by atoms with van der Waals surface area (Å²) in [6, 6.07) is 11.4. The Kier molecular flexibility index (Phi) is 11.2. The largest absolute Gasteiger partial charge is 0.357 e. The first-order valence-corrected chi connectivity index (χ1v) is 11.1. The topological polar surface area (TPSA) is 57.5 Å². The monoisotopic (exact) mass is 524 g/mol. The summed E-state index contributed by atoms with van der Waals surface area (Å²) in [7, 11) is 0. The number of aryl methyl sites for hydroxylation is 1. The molecule has 0 aliphatic carbocycles. The summed E-state index contributed by atoms with van der Waals surface area (Å²) in [5.41, 5.74) is 2.72. The van der Waals surface area contributed by atoms with Crippen LogP contribution in [0.4, 0.5) is 0 Å². The van der Waals surface area contributed by atoms with Gasteiger partial charge in [-0.3, -0.25) is 9.58 Å². The third kappa shape index (κ3) is 7.91. The molecule has 2 aromatic rings. The minimum absolute atomic E-state index is 0. The molecule has 1 aliphatic rings. The van der Waals surface area contributed by atoms with Crippen LogP contribution >= 0.6 is 24.0 Å². The summed E-state index contributed by atoms with van der Waals surface area (Å²) < 4.78 is 1.96. The van der Waals surface area contributed by atoms with E-state index in [4.69, 9.17) is 4.99 Å². The highest BCUT2D eigenvalue weighted by atomic mass is 127. The maximum atomic E-state index is 4.84. The predicted molar refractivity (Wildman–Crippen MR) is 135 cm³/mol. The van der Waals surface area contributed by atoms with Crippen molar-refractivity contribution in [3.8, 4) is 0 Å². The van der Waals surface area contributed by atoms with E-state index >= 15 is 0 Å². The number of piperidine rings is 1. The Morgan fingerprint density at radius 2 is 2.00 bits per heavy atom. The molecule has 2 N–H and O–H groups in total. The van der Waals surface area contributed by atoms with Gasteiger partial charge in [0.25, 0.3) is 0 Å². The SMILES string of the molecule is CCNC(=NCc1ccccc1CN1CCCCC1C)NCCCn1cccn1.I. The quantitative estimate of drug-likeness (QED) is 0.225. The number of halogens is 1. The highest BCUT2D eigenvalue weighted by molar-refractivity contribution is 14.0. The molecule has 1 unspecified atom stereocenters. The van der Waals surface area contributed by atoms with Crippen molar-refractivity contribution < 1.29 is 0 Å². The summed E-state index contributed by atoms with van der Waals surface area (Å²) >= 11 is 0. The molecule has 0 bridgehead atoms. The van der Waals surface area contributed by atoms with E-state index in [2.05, 4.69) is 58.7 Å². The van der Waals surface area contributed by atoms with E-state index in [1.165, 1.54) is 36.9 Å². The van der Waals surface area contributed by atoms with Crippen molar-refractivity contribution >= 4 is 29.9 Å². The maximum Gasteiger partial charge on any atom is 0.191 e. The second kappa shape index (κ2) is 13.6. The molecule has 0 amide bonds. The second-order valence-corrected chi connectivity index (χ2v) is 7.83. The van der Waals surface area contributed by atoms with Crippen molar-refractivity contribution in [1.29, 1.82) is 0 Å². The van der Waals surface area contributed by atoms with Gasteiger partial charge in [0.1, 0.15) is 0 Å². The zero-order valence-electron chi connectivity index (χ0n) is 18.4. The lowest BCUT2D eigenvalue weighted by Gasteiger charge is -2.33. The summed E-state index contributed by atoms with van der Waals surface area (Å²) in [4.78, 5) is 7.46. The molecule has 1 aromatic heterocycles. The fourth-order valence-electron chi connectivity index (χ4n) is 3.86. The Bertz CT molecular complexity index is 746. The molecule has 7 heteroatoms. The number of hydrogen-bond donors (Lipinski definition) is 2. The van der Waals surface area contributed by atoms with E-state index in [9.17, 15) is 0 Å². The number of benzene rings is 1. The maximum absolute atomic E-state index is 4.84. The molecule has 6 nitrogen and oxygen atoms in total. The Labute approximate surface area is 198 Å². The van der Waals surface area contributed by atoms with Crippen LogP contribution in [0.2, 0.25) is 0 Å². The van der Waals surface area contributed by atoms with Gasteiger partial charge in [0.15, 0.2) is 5.96 Å². The van der Waals surface area contributed by atoms with E-state index < -0.39 is 0 Å². The predicted octanol–water partition coefficient (Wildman–Crippen LogP) is 4.02. The first kappa shape index (κ1) is 24.7. The second-order valence-electron chi connectivity index (χ2n) is 7.83. The van der Waals surface area contributed by atoms with Gasteiger partial charge in [0.05, 0.1) is 6.54 Å². The van der Waals surface area contributed by atoms with Crippen molar-refractivity contribution in [3.05, 3.63) is 53.9 Å². The first-order chi connectivity index (χ1) is 14.3. The fraction of sp³-hybridized carbons (Fsp3) is 0.565. The molecule has 1 aromatic carbocycles. The van der Waals surface area contributed by atoms with Crippen molar-refractivity contribution in [1.82, 2.24) is 25.3 Å². The molecule has 0 spiro atoms.